The molecule has 0 spiro atoms. The molecule has 0 aromatic rings. The smallest absolute Gasteiger partial charge is 0.392 e. The van der Waals surface area contributed by atoms with E-state index in [1.54, 1.807) is 6.92 Å². The number of nitrogens with two attached hydrogens (primary N) is 1. The zero-order valence-corrected chi connectivity index (χ0v) is 12.3. The quantitative estimate of drug-likeness (QED) is 0.379. The lowest BCUT2D eigenvalue weighted by Crippen LogP contribution is -2.14. The second-order valence-corrected chi connectivity index (χ2v) is 5.42. The van der Waals surface area contributed by atoms with Gasteiger partial charge >= 0.3 is 7.82 Å². The molecule has 0 aliphatic rings. The minimum atomic E-state index is -4.23. The Bertz CT molecular complexity index is 208. The zero-order valence-electron chi connectivity index (χ0n) is 11.4. The predicted octanol–water partition coefficient (Wildman–Crippen LogP) is 1.78. The highest BCUT2D eigenvalue weighted by atomic mass is 31.2. The summed E-state index contributed by atoms with van der Waals surface area (Å²) < 4.78 is 14.5. The molecule has 0 saturated carbocycles. The third-order valence-electron chi connectivity index (χ3n) is 2.10. The van der Waals surface area contributed by atoms with E-state index in [1.807, 2.05) is 0 Å². The lowest BCUT2D eigenvalue weighted by Gasteiger charge is -2.04. The normalized spacial score (nSPS) is 12.8. The van der Waals surface area contributed by atoms with Crippen LogP contribution in [0.15, 0.2) is 0 Å². The third-order valence-corrected chi connectivity index (χ3v) is 2.62. The molecule has 18 heavy (non-hydrogen) atoms. The Hall–Kier alpha value is 0.0300. The highest BCUT2D eigenvalue weighted by molar-refractivity contribution is 7.46. The Morgan fingerprint density at radius 2 is 1.61 bits per heavy atom. The fourth-order valence-corrected chi connectivity index (χ4v) is 1.43. The summed E-state index contributed by atoms with van der Waals surface area (Å²) in [6.07, 6.45) is 6.15. The summed E-state index contributed by atoms with van der Waals surface area (Å²) in [5, 5.41) is 8.24. The van der Waals surface area contributed by atoms with E-state index in [4.69, 9.17) is 20.6 Å². The first-order valence-electron chi connectivity index (χ1n) is 6.41. The summed E-state index contributed by atoms with van der Waals surface area (Å²) >= 11 is 0. The van der Waals surface area contributed by atoms with E-state index >= 15 is 0 Å². The topological polar surface area (TPSA) is 113 Å². The molecule has 0 aliphatic carbocycles. The van der Waals surface area contributed by atoms with Gasteiger partial charge in [-0.2, -0.15) is 0 Å². The maximum absolute atomic E-state index is 10.2. The zero-order chi connectivity index (χ0) is 14.4. The van der Waals surface area contributed by atoms with Gasteiger partial charge in [0.1, 0.15) is 0 Å². The Morgan fingerprint density at radius 3 is 2.00 bits per heavy atom. The van der Waals surface area contributed by atoms with E-state index in [0.29, 0.717) is 6.54 Å². The Kier molecular flexibility index (Phi) is 15.2. The van der Waals surface area contributed by atoms with Crippen molar-refractivity contribution in [2.75, 3.05) is 13.2 Å². The van der Waals surface area contributed by atoms with Gasteiger partial charge in [-0.05, 0) is 13.3 Å². The molecule has 0 amide bonds. The number of rotatable bonds is 9. The molecule has 112 valence electrons. The Morgan fingerprint density at radius 1 is 1.17 bits per heavy atom. The fourth-order valence-electron chi connectivity index (χ4n) is 1.07. The van der Waals surface area contributed by atoms with E-state index in [2.05, 4.69) is 11.4 Å². The molecule has 0 fully saturated rings. The minimum Gasteiger partial charge on any atom is -0.392 e. The van der Waals surface area contributed by atoms with Crippen LogP contribution in [0.3, 0.4) is 0 Å². The van der Waals surface area contributed by atoms with Gasteiger partial charge in [0.15, 0.2) is 0 Å². The molecule has 0 aromatic carbocycles. The van der Waals surface area contributed by atoms with Crippen LogP contribution in [0.2, 0.25) is 0 Å². The van der Waals surface area contributed by atoms with E-state index in [9.17, 15) is 4.57 Å². The van der Waals surface area contributed by atoms with Crippen LogP contribution in [0.25, 0.3) is 0 Å². The average Bonchev–Trinajstić information content (AvgIpc) is 2.27. The SMILES string of the molecule is CC(O)CN.CCCCCCCCOP(=O)(O)O. The standard InChI is InChI=1S/C8H19O4P.C3H9NO/c1-2-3-4-5-6-7-8-12-13(9,10)11;1-3(5)2-4/h2-8H2,1H3,(H2,9,10,11);3,5H,2,4H2,1H3. The molecule has 7 heteroatoms. The number of hydrogen-bond acceptors (Lipinski definition) is 4. The Balaban J connectivity index is 0. The summed E-state index contributed by atoms with van der Waals surface area (Å²) in [6.45, 7) is 4.33. The second kappa shape index (κ2) is 13.5. The first-order valence-corrected chi connectivity index (χ1v) is 7.94. The first kappa shape index (κ1) is 20.3. The van der Waals surface area contributed by atoms with Gasteiger partial charge in [0.2, 0.25) is 0 Å². The first-order chi connectivity index (χ1) is 8.33. The van der Waals surface area contributed by atoms with Gasteiger partial charge in [-0.3, -0.25) is 4.52 Å². The van der Waals surface area contributed by atoms with Crippen LogP contribution in [-0.4, -0.2) is 34.1 Å². The van der Waals surface area contributed by atoms with Gasteiger partial charge in [0.05, 0.1) is 12.7 Å². The molecule has 0 bridgehead atoms. The van der Waals surface area contributed by atoms with Crippen molar-refractivity contribution in [3.63, 3.8) is 0 Å². The molecule has 0 aromatic heterocycles. The highest BCUT2D eigenvalue weighted by Gasteiger charge is 2.12. The van der Waals surface area contributed by atoms with Crippen molar-refractivity contribution < 1.29 is 24.0 Å². The van der Waals surface area contributed by atoms with Crippen molar-refractivity contribution in [3.8, 4) is 0 Å². The van der Waals surface area contributed by atoms with Crippen LogP contribution in [0.4, 0.5) is 0 Å². The number of phosphoric ester groups is 1. The van der Waals surface area contributed by atoms with E-state index in [1.165, 1.54) is 19.3 Å². The molecule has 1 unspecified atom stereocenters. The van der Waals surface area contributed by atoms with Crippen LogP contribution < -0.4 is 5.73 Å². The van der Waals surface area contributed by atoms with Crippen LogP contribution in [0.1, 0.15) is 52.4 Å². The number of aliphatic hydroxyl groups excluding tert-OH is 1. The summed E-state index contributed by atoms with van der Waals surface area (Å²) in [5.74, 6) is 0. The largest absolute Gasteiger partial charge is 0.469 e. The molecule has 0 radical (unpaired) electrons. The van der Waals surface area contributed by atoms with Crippen molar-refractivity contribution >= 4 is 7.82 Å². The van der Waals surface area contributed by atoms with Gasteiger partial charge < -0.3 is 20.6 Å². The van der Waals surface area contributed by atoms with Crippen molar-refractivity contribution in [3.05, 3.63) is 0 Å². The average molecular weight is 285 g/mol. The highest BCUT2D eigenvalue weighted by Crippen LogP contribution is 2.35. The molecule has 5 N–H and O–H groups in total. The molecular formula is C11H28NO5P. The molecule has 6 nitrogen and oxygen atoms in total. The molecule has 0 saturated heterocycles. The molecule has 0 aliphatic heterocycles. The molecular weight excluding hydrogens is 257 g/mol. The second-order valence-electron chi connectivity index (χ2n) is 4.18. The van der Waals surface area contributed by atoms with Crippen molar-refractivity contribution in [1.29, 1.82) is 0 Å². The summed E-state index contributed by atoms with van der Waals surface area (Å²) in [6, 6.07) is 0. The number of aliphatic hydroxyl groups is 1. The van der Waals surface area contributed by atoms with Crippen molar-refractivity contribution in [1.82, 2.24) is 0 Å². The van der Waals surface area contributed by atoms with Crippen molar-refractivity contribution in [2.45, 2.75) is 58.5 Å². The van der Waals surface area contributed by atoms with Crippen LogP contribution >= 0.6 is 7.82 Å². The monoisotopic (exact) mass is 285 g/mol. The summed E-state index contributed by atoms with van der Waals surface area (Å²) in [7, 11) is -4.23. The maximum Gasteiger partial charge on any atom is 0.469 e. The van der Waals surface area contributed by atoms with Crippen LogP contribution in [-0.2, 0) is 9.09 Å². The lowest BCUT2D eigenvalue weighted by molar-refractivity contribution is 0.193. The predicted molar refractivity (Wildman–Crippen MR) is 72.1 cm³/mol. The molecule has 0 rings (SSSR count). The molecule has 0 heterocycles. The lowest BCUT2D eigenvalue weighted by atomic mass is 10.1. The van der Waals surface area contributed by atoms with Crippen LogP contribution in [0, 0.1) is 0 Å². The molecule has 1 atom stereocenters. The van der Waals surface area contributed by atoms with Gasteiger partial charge in [-0.25, -0.2) is 4.57 Å². The number of phosphoric acid groups is 1. The summed E-state index contributed by atoms with van der Waals surface area (Å²) in [4.78, 5) is 16.7. The van der Waals surface area contributed by atoms with Crippen molar-refractivity contribution in [2.24, 2.45) is 5.73 Å². The van der Waals surface area contributed by atoms with Gasteiger partial charge in [0, 0.05) is 6.54 Å². The van der Waals surface area contributed by atoms with Gasteiger partial charge in [0.25, 0.3) is 0 Å². The fraction of sp³-hybridized carbons (Fsp3) is 1.00. The summed E-state index contributed by atoms with van der Waals surface area (Å²) in [5.41, 5.74) is 4.92. The van der Waals surface area contributed by atoms with Gasteiger partial charge in [-0.15, -0.1) is 0 Å². The van der Waals surface area contributed by atoms with E-state index < -0.39 is 7.82 Å². The third kappa shape index (κ3) is 25.0. The van der Waals surface area contributed by atoms with E-state index in [0.717, 1.165) is 19.3 Å². The van der Waals surface area contributed by atoms with E-state index in [-0.39, 0.29) is 12.7 Å². The maximum atomic E-state index is 10.2. The minimum absolute atomic E-state index is 0.163. The number of unbranched alkanes of at least 4 members (excludes halogenated alkanes) is 5. The number of hydrogen-bond donors (Lipinski definition) is 4. The van der Waals surface area contributed by atoms with Gasteiger partial charge in [-0.1, -0.05) is 39.0 Å². The van der Waals surface area contributed by atoms with Crippen LogP contribution in [0.5, 0.6) is 0 Å². The Labute approximate surface area is 110 Å².